The fraction of sp³-hybridized carbons (Fsp3) is 0.318. The molecule has 164 valence electrons. The fourth-order valence-electron chi connectivity index (χ4n) is 3.41. The number of nitrogens with one attached hydrogen (secondary N) is 1. The number of hydrogen-bond acceptors (Lipinski definition) is 6. The maximum absolute atomic E-state index is 12.9. The van der Waals surface area contributed by atoms with E-state index in [4.69, 9.17) is 16.3 Å². The number of carboxylic acids is 1. The fourth-order valence-corrected chi connectivity index (χ4v) is 3.62. The number of fused-ring (bicyclic) bond motifs is 1. The molecule has 0 aliphatic rings. The normalized spacial score (nSPS) is 12.2. The second-order valence-electron chi connectivity index (χ2n) is 7.48. The minimum Gasteiger partial charge on any atom is -0.479 e. The van der Waals surface area contributed by atoms with Crippen LogP contribution in [0.1, 0.15) is 35.8 Å². The van der Waals surface area contributed by atoms with Gasteiger partial charge in [-0.2, -0.15) is 4.98 Å². The second-order valence-corrected chi connectivity index (χ2v) is 7.91. The van der Waals surface area contributed by atoms with Gasteiger partial charge in [0.1, 0.15) is 11.2 Å². The molecule has 0 amide bonds. The number of aromatic nitrogens is 2. The van der Waals surface area contributed by atoms with Crippen LogP contribution in [0.4, 0.5) is 5.69 Å². The Kier molecular flexibility index (Phi) is 6.82. The lowest BCUT2D eigenvalue weighted by Crippen LogP contribution is -2.26. The standard InChI is InChI=1S/C22H24ClN3O5/c1-12(2)18(11-27)26-10-16(22(29)30)19(28)15-8-17(21(31-3)25-20(15)26)24-9-13-5-4-6-14(23)7-13/h4-8,10,12,18,24,27H,9,11H2,1-3H3,(H,29,30). The van der Waals surface area contributed by atoms with Gasteiger partial charge in [0.2, 0.25) is 11.3 Å². The van der Waals surface area contributed by atoms with Crippen molar-refractivity contribution in [2.24, 2.45) is 5.92 Å². The third-order valence-corrected chi connectivity index (χ3v) is 5.31. The number of nitrogens with zero attached hydrogens (tertiary/aromatic N) is 2. The molecule has 1 aromatic carbocycles. The van der Waals surface area contributed by atoms with Crippen molar-refractivity contribution in [1.82, 2.24) is 9.55 Å². The van der Waals surface area contributed by atoms with E-state index in [0.29, 0.717) is 17.3 Å². The van der Waals surface area contributed by atoms with Gasteiger partial charge in [-0.1, -0.05) is 37.6 Å². The topological polar surface area (TPSA) is 114 Å². The van der Waals surface area contributed by atoms with Crippen LogP contribution in [0.5, 0.6) is 5.88 Å². The minimum atomic E-state index is -1.34. The molecule has 0 saturated heterocycles. The summed E-state index contributed by atoms with van der Waals surface area (Å²) < 4.78 is 6.95. The number of hydrogen-bond donors (Lipinski definition) is 3. The molecule has 0 aliphatic carbocycles. The zero-order valence-electron chi connectivity index (χ0n) is 17.4. The summed E-state index contributed by atoms with van der Waals surface area (Å²) in [6.07, 6.45) is 1.24. The molecule has 0 fully saturated rings. The molecule has 3 aromatic rings. The van der Waals surface area contributed by atoms with E-state index in [9.17, 15) is 19.8 Å². The van der Waals surface area contributed by atoms with E-state index >= 15 is 0 Å². The molecule has 2 heterocycles. The van der Waals surface area contributed by atoms with E-state index in [0.717, 1.165) is 5.56 Å². The average Bonchev–Trinajstić information content (AvgIpc) is 2.73. The molecule has 3 N–H and O–H groups in total. The van der Waals surface area contributed by atoms with Gasteiger partial charge in [0.15, 0.2) is 0 Å². The van der Waals surface area contributed by atoms with Crippen molar-refractivity contribution >= 4 is 34.3 Å². The number of aliphatic hydroxyl groups excluding tert-OH is 1. The Morgan fingerprint density at radius 1 is 1.32 bits per heavy atom. The third-order valence-electron chi connectivity index (χ3n) is 5.08. The van der Waals surface area contributed by atoms with Crippen molar-refractivity contribution in [3.05, 3.63) is 62.9 Å². The molecule has 0 spiro atoms. The molecular weight excluding hydrogens is 422 g/mol. The lowest BCUT2D eigenvalue weighted by Gasteiger charge is -2.24. The van der Waals surface area contributed by atoms with Crippen molar-refractivity contribution in [3.8, 4) is 5.88 Å². The van der Waals surface area contributed by atoms with Crippen LogP contribution in [0, 0.1) is 5.92 Å². The first kappa shape index (κ1) is 22.6. The summed E-state index contributed by atoms with van der Waals surface area (Å²) in [5.74, 6) is -1.14. The first-order valence-corrected chi connectivity index (χ1v) is 10.1. The molecule has 8 nitrogen and oxygen atoms in total. The van der Waals surface area contributed by atoms with Gasteiger partial charge >= 0.3 is 5.97 Å². The Morgan fingerprint density at radius 3 is 2.65 bits per heavy atom. The van der Waals surface area contributed by atoms with Crippen molar-refractivity contribution in [2.75, 3.05) is 19.0 Å². The third kappa shape index (κ3) is 4.65. The number of ether oxygens (including phenoxy) is 1. The van der Waals surface area contributed by atoms with Gasteiger partial charge < -0.3 is 24.8 Å². The smallest absolute Gasteiger partial charge is 0.341 e. The number of anilines is 1. The highest BCUT2D eigenvalue weighted by molar-refractivity contribution is 6.30. The Morgan fingerprint density at radius 2 is 2.06 bits per heavy atom. The highest BCUT2D eigenvalue weighted by Crippen LogP contribution is 2.29. The second kappa shape index (κ2) is 9.36. The van der Waals surface area contributed by atoms with Crippen LogP contribution in [0.2, 0.25) is 5.02 Å². The summed E-state index contributed by atoms with van der Waals surface area (Å²) in [6, 6.07) is 8.36. The summed E-state index contributed by atoms with van der Waals surface area (Å²) in [5.41, 5.74) is 0.546. The van der Waals surface area contributed by atoms with Gasteiger partial charge in [0, 0.05) is 17.8 Å². The number of pyridine rings is 2. The summed E-state index contributed by atoms with van der Waals surface area (Å²) >= 11 is 6.03. The van der Waals surface area contributed by atoms with Gasteiger partial charge in [-0.15, -0.1) is 0 Å². The van der Waals surface area contributed by atoms with Crippen LogP contribution >= 0.6 is 11.6 Å². The highest BCUT2D eigenvalue weighted by atomic mass is 35.5. The Bertz CT molecular complexity index is 1180. The first-order valence-electron chi connectivity index (χ1n) is 9.73. The van der Waals surface area contributed by atoms with Gasteiger partial charge in [-0.05, 0) is 29.7 Å². The largest absolute Gasteiger partial charge is 0.479 e. The molecule has 3 rings (SSSR count). The monoisotopic (exact) mass is 445 g/mol. The molecule has 2 aromatic heterocycles. The van der Waals surface area contributed by atoms with Crippen LogP contribution in [-0.2, 0) is 6.54 Å². The summed E-state index contributed by atoms with van der Waals surface area (Å²) in [7, 11) is 1.46. The van der Waals surface area contributed by atoms with E-state index in [1.54, 1.807) is 12.1 Å². The molecular formula is C22H24ClN3O5. The minimum absolute atomic E-state index is 0.0363. The average molecular weight is 446 g/mol. The van der Waals surface area contributed by atoms with Crippen LogP contribution in [0.25, 0.3) is 11.0 Å². The van der Waals surface area contributed by atoms with E-state index in [2.05, 4.69) is 10.3 Å². The van der Waals surface area contributed by atoms with Crippen molar-refractivity contribution < 1.29 is 19.7 Å². The molecule has 0 bridgehead atoms. The molecule has 1 unspecified atom stereocenters. The zero-order chi connectivity index (χ0) is 22.7. The van der Waals surface area contributed by atoms with E-state index in [-0.39, 0.29) is 35.0 Å². The molecule has 0 saturated carbocycles. The molecule has 0 radical (unpaired) electrons. The van der Waals surface area contributed by atoms with Gasteiger partial charge in [0.05, 0.1) is 30.8 Å². The van der Waals surface area contributed by atoms with E-state index in [1.165, 1.54) is 23.9 Å². The molecule has 0 aliphatic heterocycles. The number of halogens is 1. The van der Waals surface area contributed by atoms with Crippen molar-refractivity contribution in [2.45, 2.75) is 26.4 Å². The summed E-state index contributed by atoms with van der Waals surface area (Å²) in [6.45, 7) is 3.93. The lowest BCUT2D eigenvalue weighted by molar-refractivity contribution is 0.0694. The van der Waals surface area contributed by atoms with Gasteiger partial charge in [-0.3, -0.25) is 4.79 Å². The van der Waals surface area contributed by atoms with Crippen molar-refractivity contribution in [3.63, 3.8) is 0 Å². The molecule has 31 heavy (non-hydrogen) atoms. The van der Waals surface area contributed by atoms with Crippen LogP contribution < -0.4 is 15.5 Å². The number of carbonyl (C=O) groups is 1. The lowest BCUT2D eigenvalue weighted by atomic mass is 10.0. The zero-order valence-corrected chi connectivity index (χ0v) is 18.2. The van der Waals surface area contributed by atoms with Gasteiger partial charge in [0.25, 0.3) is 0 Å². The Labute approximate surface area is 184 Å². The molecule has 9 heteroatoms. The summed E-state index contributed by atoms with van der Waals surface area (Å²) in [5, 5.41) is 23.3. The van der Waals surface area contributed by atoms with Crippen LogP contribution in [0.15, 0.2) is 41.3 Å². The van der Waals surface area contributed by atoms with E-state index in [1.807, 2.05) is 26.0 Å². The van der Waals surface area contributed by atoms with Crippen molar-refractivity contribution in [1.29, 1.82) is 0 Å². The molecule has 1 atom stereocenters. The number of rotatable bonds is 8. The number of methoxy groups -OCH3 is 1. The van der Waals surface area contributed by atoms with Gasteiger partial charge in [-0.25, -0.2) is 4.79 Å². The number of aromatic carboxylic acids is 1. The highest BCUT2D eigenvalue weighted by Gasteiger charge is 2.23. The number of aliphatic hydroxyl groups is 1. The first-order chi connectivity index (χ1) is 14.8. The number of carboxylic acid groups (broad SMARTS) is 1. The Balaban J connectivity index is 2.18. The summed E-state index contributed by atoms with van der Waals surface area (Å²) in [4.78, 5) is 29.1. The van der Waals surface area contributed by atoms with Crippen LogP contribution in [-0.4, -0.2) is 39.5 Å². The Hall–Kier alpha value is -3.10. The quantitative estimate of drug-likeness (QED) is 0.485. The SMILES string of the molecule is COc1nc2c(cc1NCc1cccc(Cl)c1)c(=O)c(C(=O)O)cn2C(CO)C(C)C. The van der Waals surface area contributed by atoms with Crippen LogP contribution in [0.3, 0.4) is 0 Å². The number of benzene rings is 1. The predicted molar refractivity (Wildman–Crippen MR) is 119 cm³/mol. The maximum atomic E-state index is 12.9. The van der Waals surface area contributed by atoms with E-state index < -0.39 is 17.4 Å². The predicted octanol–water partition coefficient (Wildman–Crippen LogP) is 3.56. The maximum Gasteiger partial charge on any atom is 0.341 e.